The third-order valence-corrected chi connectivity index (χ3v) is 9.61. The number of ether oxygens (including phenoxy) is 1. The van der Waals surface area contributed by atoms with Crippen LogP contribution < -0.4 is 5.32 Å². The Morgan fingerprint density at radius 2 is 1.85 bits per heavy atom. The Hall–Kier alpha value is -2.91. The van der Waals surface area contributed by atoms with E-state index in [4.69, 9.17) is 9.73 Å². The highest BCUT2D eigenvalue weighted by molar-refractivity contribution is 6.01. The molecule has 1 aromatic carbocycles. The maximum Gasteiger partial charge on any atom is 0.417 e. The van der Waals surface area contributed by atoms with E-state index < -0.39 is 11.7 Å². The summed E-state index contributed by atoms with van der Waals surface area (Å²) >= 11 is 0. The summed E-state index contributed by atoms with van der Waals surface area (Å²) < 4.78 is 48.0. The summed E-state index contributed by atoms with van der Waals surface area (Å²) in [5.41, 5.74) is 2.41. The average molecular weight is 570 g/mol. The lowest BCUT2D eigenvalue weighted by atomic mass is 9.93. The van der Waals surface area contributed by atoms with Gasteiger partial charge in [0.25, 0.3) is 0 Å². The van der Waals surface area contributed by atoms with E-state index in [1.54, 1.807) is 12.3 Å². The van der Waals surface area contributed by atoms with E-state index in [1.807, 2.05) is 13.8 Å². The molecule has 2 aromatic rings. The Kier molecular flexibility index (Phi) is 7.61. The lowest BCUT2D eigenvalue weighted by molar-refractivity contribution is -0.137. The first-order valence-corrected chi connectivity index (χ1v) is 15.0. The first-order chi connectivity index (χ1) is 19.7. The molecule has 4 fully saturated rings. The minimum Gasteiger partial charge on any atom is -0.476 e. The molecule has 4 aliphatic heterocycles. The third-order valence-electron chi connectivity index (χ3n) is 9.61. The number of hydrogen-bond donors (Lipinski definition) is 1. The number of halogens is 3. The van der Waals surface area contributed by atoms with Gasteiger partial charge in [-0.05, 0) is 88.7 Å². The van der Waals surface area contributed by atoms with Crippen LogP contribution in [0.15, 0.2) is 47.9 Å². The molecule has 0 aliphatic carbocycles. The van der Waals surface area contributed by atoms with Crippen LogP contribution in [0.1, 0.15) is 69.1 Å². The molecule has 1 aromatic heterocycles. The van der Waals surface area contributed by atoms with Crippen LogP contribution in [0.3, 0.4) is 0 Å². The Morgan fingerprint density at radius 3 is 2.51 bits per heavy atom. The Morgan fingerprint density at radius 1 is 1.17 bits per heavy atom. The largest absolute Gasteiger partial charge is 0.476 e. The molecule has 4 saturated heterocycles. The Balaban J connectivity index is 0.00000353. The number of aromatic nitrogens is 1. The van der Waals surface area contributed by atoms with Crippen molar-refractivity contribution in [1.82, 2.24) is 20.1 Å². The van der Waals surface area contributed by atoms with Gasteiger partial charge in [-0.25, -0.2) is 0 Å². The lowest BCUT2D eigenvalue weighted by Crippen LogP contribution is -2.53. The number of fused-ring (bicyclic) bond motifs is 3. The molecule has 222 valence electrons. The summed E-state index contributed by atoms with van der Waals surface area (Å²) in [6.45, 7) is 12.6. The van der Waals surface area contributed by atoms with E-state index in [2.05, 4.69) is 26.7 Å². The van der Waals surface area contributed by atoms with E-state index in [9.17, 15) is 13.2 Å². The van der Waals surface area contributed by atoms with Crippen molar-refractivity contribution in [3.63, 3.8) is 0 Å². The van der Waals surface area contributed by atoms with Gasteiger partial charge < -0.3 is 15.0 Å². The fourth-order valence-corrected chi connectivity index (χ4v) is 7.57. The van der Waals surface area contributed by atoms with Crippen LogP contribution in [0.4, 0.5) is 13.2 Å². The highest BCUT2D eigenvalue weighted by Crippen LogP contribution is 2.40. The molecule has 2 atom stereocenters. The second kappa shape index (κ2) is 11.1. The molecule has 0 amide bonds. The minimum absolute atomic E-state index is 0. The number of hydrogen-bond acceptors (Lipinski definition) is 5. The number of pyridine rings is 1. The van der Waals surface area contributed by atoms with Gasteiger partial charge >= 0.3 is 6.18 Å². The van der Waals surface area contributed by atoms with Gasteiger partial charge in [0, 0.05) is 43.9 Å². The quantitative estimate of drug-likeness (QED) is 0.245. The summed E-state index contributed by atoms with van der Waals surface area (Å²) in [5, 5.41) is 3.68. The van der Waals surface area contributed by atoms with Crippen molar-refractivity contribution in [1.29, 1.82) is 0 Å². The van der Waals surface area contributed by atoms with Crippen LogP contribution in [-0.2, 0) is 17.3 Å². The fraction of sp³-hybridized carbons (Fsp3) is 0.562. The monoisotopic (exact) mass is 569 g/mol. The maximum absolute atomic E-state index is 13.9. The van der Waals surface area contributed by atoms with Crippen LogP contribution in [-0.4, -0.2) is 71.0 Å². The topological polar surface area (TPSA) is 53.0 Å². The fourth-order valence-electron chi connectivity index (χ4n) is 7.57. The molecule has 2 bridgehead atoms. The summed E-state index contributed by atoms with van der Waals surface area (Å²) in [7, 11) is 0. The van der Waals surface area contributed by atoms with Crippen molar-refractivity contribution in [3.8, 4) is 11.3 Å². The normalized spacial score (nSPS) is 24.1. The molecular formula is C32H42F3N5O. The molecule has 9 heteroatoms. The maximum atomic E-state index is 13.9. The average Bonchev–Trinajstić information content (AvgIpc) is 3.63. The van der Waals surface area contributed by atoms with Gasteiger partial charge in [-0.15, -0.1) is 0 Å². The van der Waals surface area contributed by atoms with Gasteiger partial charge in [-0.2, -0.15) is 18.2 Å². The van der Waals surface area contributed by atoms with Crippen molar-refractivity contribution >= 4 is 5.84 Å². The van der Waals surface area contributed by atoms with Crippen molar-refractivity contribution in [2.45, 2.75) is 82.6 Å². The highest BCUT2D eigenvalue weighted by atomic mass is 19.4. The number of nitrogens with zero attached hydrogens (tertiary/aromatic N) is 4. The number of benzene rings is 1. The lowest BCUT2D eigenvalue weighted by Gasteiger charge is -2.36. The van der Waals surface area contributed by atoms with E-state index in [0.717, 1.165) is 80.5 Å². The first-order valence-electron chi connectivity index (χ1n) is 15.0. The van der Waals surface area contributed by atoms with Crippen LogP contribution in [0.2, 0.25) is 0 Å². The Bertz CT molecular complexity index is 1320. The predicted molar refractivity (Wildman–Crippen MR) is 157 cm³/mol. The zero-order valence-electron chi connectivity index (χ0n) is 24.1. The van der Waals surface area contributed by atoms with Crippen molar-refractivity contribution in [2.24, 2.45) is 4.99 Å². The van der Waals surface area contributed by atoms with Crippen molar-refractivity contribution in [2.75, 3.05) is 32.8 Å². The molecule has 0 saturated carbocycles. The van der Waals surface area contributed by atoms with Gasteiger partial charge in [-0.3, -0.25) is 9.88 Å². The number of nitrogens with one attached hydrogen (secondary N) is 1. The van der Waals surface area contributed by atoms with E-state index in [0.29, 0.717) is 36.7 Å². The van der Waals surface area contributed by atoms with E-state index in [1.165, 1.54) is 25.0 Å². The number of rotatable bonds is 7. The van der Waals surface area contributed by atoms with Gasteiger partial charge in [0.05, 0.1) is 16.8 Å². The van der Waals surface area contributed by atoms with Gasteiger partial charge in [-0.1, -0.05) is 25.1 Å². The number of alkyl halides is 3. The minimum atomic E-state index is -4.47. The standard InChI is InChI=1S/C32H40F3N5O.H2/c1-4-25-21(2)27(17-36-29(25)26-9-5-6-10-28(26)32(33,34)35)30(39-18-23-11-12-24(19-39)38-23)37-22(3)41-20-31-13-7-15-40(31)16-8-14-31;/h5-6,9-10,17,23-24,38H,3-4,7-8,11-16,18-20H2,1-2H3;1H/b37-30+;. The van der Waals surface area contributed by atoms with E-state index >= 15 is 0 Å². The summed E-state index contributed by atoms with van der Waals surface area (Å²) in [6.07, 6.45) is 4.69. The number of aliphatic imine (C=N–C) groups is 1. The molecule has 6 nitrogen and oxygen atoms in total. The second-order valence-electron chi connectivity index (χ2n) is 12.1. The predicted octanol–water partition coefficient (Wildman–Crippen LogP) is 6.18. The number of amidine groups is 1. The van der Waals surface area contributed by atoms with Crippen LogP contribution in [0, 0.1) is 6.92 Å². The SMILES string of the molecule is C=C(/N=C(\c1cnc(-c2ccccc2C(F)(F)F)c(CC)c1C)N1CC2CCC(C1)N2)OCC12CCCN1CCC2.[HH]. The zero-order valence-corrected chi connectivity index (χ0v) is 24.1. The van der Waals surface area contributed by atoms with Crippen molar-refractivity contribution < 1.29 is 19.3 Å². The summed E-state index contributed by atoms with van der Waals surface area (Å²) in [6, 6.07) is 6.46. The summed E-state index contributed by atoms with van der Waals surface area (Å²) in [5.74, 6) is 1.12. The number of likely N-dealkylation sites (tertiary alicyclic amines) is 1. The molecule has 2 unspecified atom stereocenters. The zero-order chi connectivity index (χ0) is 28.8. The van der Waals surface area contributed by atoms with Gasteiger partial charge in [0.15, 0.2) is 0 Å². The Labute approximate surface area is 242 Å². The van der Waals surface area contributed by atoms with Crippen LogP contribution in [0.25, 0.3) is 11.3 Å². The molecule has 1 N–H and O–H groups in total. The molecular weight excluding hydrogens is 527 g/mol. The smallest absolute Gasteiger partial charge is 0.417 e. The van der Waals surface area contributed by atoms with Crippen LogP contribution in [0.5, 0.6) is 0 Å². The molecule has 41 heavy (non-hydrogen) atoms. The molecule has 0 radical (unpaired) electrons. The van der Waals surface area contributed by atoms with Gasteiger partial charge in [0.2, 0.25) is 5.88 Å². The molecule has 5 heterocycles. The highest BCUT2D eigenvalue weighted by Gasteiger charge is 2.45. The van der Waals surface area contributed by atoms with E-state index in [-0.39, 0.29) is 12.5 Å². The molecule has 6 rings (SSSR count). The van der Waals surface area contributed by atoms with Gasteiger partial charge in [0.1, 0.15) is 12.4 Å². The van der Waals surface area contributed by atoms with Crippen LogP contribution >= 0.6 is 0 Å². The summed E-state index contributed by atoms with van der Waals surface area (Å²) in [4.78, 5) is 14.5. The first kappa shape index (κ1) is 28.2. The molecule has 4 aliphatic rings. The third kappa shape index (κ3) is 5.39. The second-order valence-corrected chi connectivity index (χ2v) is 12.1. The van der Waals surface area contributed by atoms with Crippen molar-refractivity contribution in [3.05, 3.63) is 65.2 Å². The molecule has 0 spiro atoms. The number of piperazine rings is 1.